The van der Waals surface area contributed by atoms with Gasteiger partial charge in [-0.3, -0.25) is 4.79 Å². The quantitative estimate of drug-likeness (QED) is 0.557. The van der Waals surface area contributed by atoms with Crippen LogP contribution in [0.2, 0.25) is 10.0 Å². The molecule has 1 amide bonds. The van der Waals surface area contributed by atoms with Crippen LogP contribution in [0.1, 0.15) is 18.7 Å². The summed E-state index contributed by atoms with van der Waals surface area (Å²) in [6.07, 6.45) is 0.919. The smallest absolute Gasteiger partial charge is 0.246 e. The fourth-order valence-electron chi connectivity index (χ4n) is 2.29. The zero-order valence-electron chi connectivity index (χ0n) is 14.3. The van der Waals surface area contributed by atoms with Crippen molar-refractivity contribution in [1.29, 1.82) is 0 Å². The van der Waals surface area contributed by atoms with E-state index in [1.807, 2.05) is 12.1 Å². The standard InChI is InChI=1S/C19H17Cl2N3O3/c20-13-7-9-14(10-8-13)26-11-3-6-17(25)22-12-18-23-19(24-27-18)15-4-1-2-5-16(15)21/h1-2,4-5,7-10H,3,6,11-12H2,(H,22,25). The van der Waals surface area contributed by atoms with E-state index in [0.29, 0.717) is 46.8 Å². The Bertz CT molecular complexity index is 897. The second-order valence-electron chi connectivity index (χ2n) is 5.67. The molecule has 1 heterocycles. The summed E-state index contributed by atoms with van der Waals surface area (Å²) >= 11 is 11.9. The maximum absolute atomic E-state index is 11.9. The van der Waals surface area contributed by atoms with Gasteiger partial charge in [-0.15, -0.1) is 0 Å². The third-order valence-electron chi connectivity index (χ3n) is 3.65. The molecule has 0 saturated carbocycles. The van der Waals surface area contributed by atoms with Crippen LogP contribution in [0.3, 0.4) is 0 Å². The van der Waals surface area contributed by atoms with Crippen molar-refractivity contribution >= 4 is 29.1 Å². The fourth-order valence-corrected chi connectivity index (χ4v) is 2.64. The Balaban J connectivity index is 1.39. The van der Waals surface area contributed by atoms with E-state index in [1.54, 1.807) is 36.4 Å². The zero-order valence-corrected chi connectivity index (χ0v) is 15.8. The lowest BCUT2D eigenvalue weighted by atomic mass is 10.2. The Hall–Kier alpha value is -2.57. The minimum atomic E-state index is -0.118. The van der Waals surface area contributed by atoms with Crippen LogP contribution in [-0.4, -0.2) is 22.7 Å². The predicted molar refractivity (Wildman–Crippen MR) is 103 cm³/mol. The van der Waals surface area contributed by atoms with Crippen molar-refractivity contribution in [3.05, 3.63) is 64.5 Å². The first-order valence-corrected chi connectivity index (χ1v) is 9.10. The van der Waals surface area contributed by atoms with E-state index in [1.165, 1.54) is 0 Å². The molecule has 0 atom stereocenters. The summed E-state index contributed by atoms with van der Waals surface area (Å²) in [5, 5.41) is 7.82. The van der Waals surface area contributed by atoms with Crippen molar-refractivity contribution in [2.24, 2.45) is 0 Å². The topological polar surface area (TPSA) is 77.2 Å². The van der Waals surface area contributed by atoms with Gasteiger partial charge in [-0.2, -0.15) is 4.98 Å². The summed E-state index contributed by atoms with van der Waals surface area (Å²) < 4.78 is 10.7. The highest BCUT2D eigenvalue weighted by Crippen LogP contribution is 2.24. The molecule has 0 bridgehead atoms. The molecule has 2 aromatic carbocycles. The zero-order chi connectivity index (χ0) is 19.1. The number of ether oxygens (including phenoxy) is 1. The van der Waals surface area contributed by atoms with Crippen LogP contribution in [0, 0.1) is 0 Å². The van der Waals surface area contributed by atoms with Crippen LogP contribution >= 0.6 is 23.2 Å². The van der Waals surface area contributed by atoms with Gasteiger partial charge in [0.15, 0.2) is 0 Å². The van der Waals surface area contributed by atoms with Gasteiger partial charge in [-0.1, -0.05) is 40.5 Å². The van der Waals surface area contributed by atoms with Gasteiger partial charge in [0.2, 0.25) is 17.6 Å². The van der Waals surface area contributed by atoms with E-state index in [-0.39, 0.29) is 12.5 Å². The number of hydrogen-bond donors (Lipinski definition) is 1. The maximum Gasteiger partial charge on any atom is 0.246 e. The lowest BCUT2D eigenvalue weighted by Crippen LogP contribution is -2.23. The van der Waals surface area contributed by atoms with Gasteiger partial charge < -0.3 is 14.6 Å². The minimum Gasteiger partial charge on any atom is -0.494 e. The monoisotopic (exact) mass is 405 g/mol. The Morgan fingerprint density at radius 2 is 1.89 bits per heavy atom. The van der Waals surface area contributed by atoms with Gasteiger partial charge in [-0.25, -0.2) is 0 Å². The molecule has 0 aliphatic carbocycles. The van der Waals surface area contributed by atoms with Crippen molar-refractivity contribution < 1.29 is 14.1 Å². The van der Waals surface area contributed by atoms with E-state index in [4.69, 9.17) is 32.5 Å². The lowest BCUT2D eigenvalue weighted by molar-refractivity contribution is -0.121. The highest BCUT2D eigenvalue weighted by atomic mass is 35.5. The molecule has 27 heavy (non-hydrogen) atoms. The van der Waals surface area contributed by atoms with Crippen LogP contribution in [0.25, 0.3) is 11.4 Å². The average Bonchev–Trinajstić information content (AvgIpc) is 3.14. The number of amides is 1. The highest BCUT2D eigenvalue weighted by Gasteiger charge is 2.12. The first kappa shape index (κ1) is 19.2. The predicted octanol–water partition coefficient (Wildman–Crippen LogP) is 4.52. The third-order valence-corrected chi connectivity index (χ3v) is 4.23. The summed E-state index contributed by atoms with van der Waals surface area (Å²) in [6.45, 7) is 0.598. The van der Waals surface area contributed by atoms with E-state index in [2.05, 4.69) is 15.5 Å². The van der Waals surface area contributed by atoms with Gasteiger partial charge in [0.1, 0.15) is 5.75 Å². The Kier molecular flexibility index (Phi) is 6.68. The summed E-state index contributed by atoms with van der Waals surface area (Å²) in [5.41, 5.74) is 0.680. The van der Waals surface area contributed by atoms with Gasteiger partial charge in [0.05, 0.1) is 18.2 Å². The van der Waals surface area contributed by atoms with Gasteiger partial charge >= 0.3 is 0 Å². The van der Waals surface area contributed by atoms with Gasteiger partial charge in [0.25, 0.3) is 0 Å². The average molecular weight is 406 g/mol. The fraction of sp³-hybridized carbons (Fsp3) is 0.211. The van der Waals surface area contributed by atoms with Gasteiger partial charge in [-0.05, 0) is 42.8 Å². The van der Waals surface area contributed by atoms with Crippen molar-refractivity contribution in [2.45, 2.75) is 19.4 Å². The molecule has 6 nitrogen and oxygen atoms in total. The van der Waals surface area contributed by atoms with Gasteiger partial charge in [0, 0.05) is 17.0 Å². The first-order chi connectivity index (χ1) is 13.1. The van der Waals surface area contributed by atoms with Crippen LogP contribution < -0.4 is 10.1 Å². The van der Waals surface area contributed by atoms with E-state index in [0.717, 1.165) is 5.75 Å². The number of halogens is 2. The van der Waals surface area contributed by atoms with E-state index < -0.39 is 0 Å². The number of hydrogen-bond acceptors (Lipinski definition) is 5. The summed E-state index contributed by atoms with van der Waals surface area (Å²) in [5.74, 6) is 1.31. The second-order valence-corrected chi connectivity index (χ2v) is 6.52. The Morgan fingerprint density at radius 3 is 2.67 bits per heavy atom. The summed E-state index contributed by atoms with van der Waals surface area (Å²) in [6, 6.07) is 14.3. The molecule has 0 spiro atoms. The molecule has 0 unspecified atom stereocenters. The van der Waals surface area contributed by atoms with Crippen LogP contribution in [0.15, 0.2) is 53.1 Å². The summed E-state index contributed by atoms with van der Waals surface area (Å²) in [7, 11) is 0. The molecule has 0 aliphatic rings. The van der Waals surface area contributed by atoms with Crippen molar-refractivity contribution in [2.75, 3.05) is 6.61 Å². The van der Waals surface area contributed by atoms with Crippen LogP contribution in [-0.2, 0) is 11.3 Å². The molecule has 8 heteroatoms. The van der Waals surface area contributed by atoms with Crippen molar-refractivity contribution in [3.8, 4) is 17.1 Å². The number of benzene rings is 2. The largest absolute Gasteiger partial charge is 0.494 e. The molecule has 1 aromatic heterocycles. The summed E-state index contributed by atoms with van der Waals surface area (Å²) in [4.78, 5) is 16.2. The number of carbonyl (C=O) groups excluding carboxylic acids is 1. The van der Waals surface area contributed by atoms with Crippen LogP contribution in [0.5, 0.6) is 5.75 Å². The minimum absolute atomic E-state index is 0.118. The Labute approximate surface area is 166 Å². The first-order valence-electron chi connectivity index (χ1n) is 8.34. The molecular weight excluding hydrogens is 389 g/mol. The van der Waals surface area contributed by atoms with E-state index in [9.17, 15) is 4.79 Å². The number of aromatic nitrogens is 2. The maximum atomic E-state index is 11.9. The van der Waals surface area contributed by atoms with E-state index >= 15 is 0 Å². The number of rotatable bonds is 8. The molecule has 3 aromatic rings. The molecular formula is C19H17Cl2N3O3. The normalized spacial score (nSPS) is 10.6. The third kappa shape index (κ3) is 5.70. The molecule has 0 radical (unpaired) electrons. The molecule has 3 rings (SSSR count). The molecule has 0 aliphatic heterocycles. The second kappa shape index (κ2) is 9.39. The van der Waals surface area contributed by atoms with Crippen LogP contribution in [0.4, 0.5) is 0 Å². The van der Waals surface area contributed by atoms with Crippen molar-refractivity contribution in [3.63, 3.8) is 0 Å². The SMILES string of the molecule is O=C(CCCOc1ccc(Cl)cc1)NCc1nc(-c2ccccc2Cl)no1. The highest BCUT2D eigenvalue weighted by molar-refractivity contribution is 6.33. The molecule has 1 N–H and O–H groups in total. The molecule has 0 fully saturated rings. The molecule has 0 saturated heterocycles. The number of nitrogens with zero attached hydrogens (tertiary/aromatic N) is 2. The number of carbonyl (C=O) groups is 1. The molecule has 140 valence electrons. The Morgan fingerprint density at radius 1 is 1.11 bits per heavy atom. The lowest BCUT2D eigenvalue weighted by Gasteiger charge is -2.06. The number of nitrogens with one attached hydrogen (secondary N) is 1. The van der Waals surface area contributed by atoms with Crippen molar-refractivity contribution in [1.82, 2.24) is 15.5 Å².